The first-order valence-electron chi connectivity index (χ1n) is 10.2. The second-order valence-corrected chi connectivity index (χ2v) is 8.01. The van der Waals surface area contributed by atoms with Crippen LogP contribution in [0.2, 0.25) is 0 Å². The van der Waals surface area contributed by atoms with Crippen molar-refractivity contribution in [2.75, 3.05) is 11.4 Å². The van der Waals surface area contributed by atoms with Crippen molar-refractivity contribution in [2.45, 2.75) is 45.6 Å². The first kappa shape index (κ1) is 19.6. The lowest BCUT2D eigenvalue weighted by Gasteiger charge is -2.34. The van der Waals surface area contributed by atoms with Crippen molar-refractivity contribution in [1.82, 2.24) is 9.97 Å². The molecule has 150 valence electrons. The summed E-state index contributed by atoms with van der Waals surface area (Å²) >= 11 is 1.57. The number of carbonyl (C=O) groups excluding carboxylic acids is 1. The van der Waals surface area contributed by atoms with Gasteiger partial charge in [-0.25, -0.2) is 4.98 Å². The first-order chi connectivity index (χ1) is 14.2. The van der Waals surface area contributed by atoms with Gasteiger partial charge in [-0.1, -0.05) is 32.8 Å². The smallest absolute Gasteiger partial charge is 0.268 e. The maximum atomic E-state index is 12.9. The monoisotopic (exact) mass is 407 g/mol. The highest BCUT2D eigenvalue weighted by Crippen LogP contribution is 2.39. The largest absolute Gasteiger partial charge is 0.478 e. The fraction of sp³-hybridized carbons (Fsp3) is 0.348. The van der Waals surface area contributed by atoms with E-state index in [-0.39, 0.29) is 5.91 Å². The quantitative estimate of drug-likeness (QED) is 0.481. The molecule has 4 rings (SSSR count). The van der Waals surface area contributed by atoms with Gasteiger partial charge in [-0.05, 0) is 43.2 Å². The number of fused-ring (bicyclic) bond motifs is 1. The summed E-state index contributed by atoms with van der Waals surface area (Å²) in [6, 6.07) is 11.8. The number of aromatic nitrogens is 2. The first-order valence-corrected chi connectivity index (χ1v) is 11.1. The van der Waals surface area contributed by atoms with E-state index >= 15 is 0 Å². The molecule has 0 saturated carbocycles. The molecule has 0 fully saturated rings. The van der Waals surface area contributed by atoms with E-state index in [1.807, 2.05) is 53.6 Å². The van der Waals surface area contributed by atoms with E-state index in [9.17, 15) is 4.79 Å². The van der Waals surface area contributed by atoms with Gasteiger partial charge in [0.05, 0.1) is 17.1 Å². The van der Waals surface area contributed by atoms with Crippen molar-refractivity contribution in [3.63, 3.8) is 0 Å². The summed E-state index contributed by atoms with van der Waals surface area (Å²) in [6.07, 6.45) is 5.27. The van der Waals surface area contributed by atoms with Crippen molar-refractivity contribution in [3.05, 3.63) is 48.0 Å². The zero-order chi connectivity index (χ0) is 20.2. The van der Waals surface area contributed by atoms with E-state index in [4.69, 9.17) is 9.72 Å². The lowest BCUT2D eigenvalue weighted by molar-refractivity contribution is -0.126. The molecule has 2 aromatic heterocycles. The number of nitrogens with zero attached hydrogens (tertiary/aromatic N) is 3. The zero-order valence-electron chi connectivity index (χ0n) is 16.8. The van der Waals surface area contributed by atoms with Crippen LogP contribution in [0.3, 0.4) is 0 Å². The van der Waals surface area contributed by atoms with Crippen LogP contribution in [-0.4, -0.2) is 28.5 Å². The van der Waals surface area contributed by atoms with Crippen LogP contribution in [0.4, 0.5) is 5.69 Å². The van der Waals surface area contributed by atoms with E-state index in [0.717, 1.165) is 59.2 Å². The third-order valence-electron chi connectivity index (χ3n) is 5.10. The minimum atomic E-state index is -0.398. The van der Waals surface area contributed by atoms with Gasteiger partial charge in [0.1, 0.15) is 10.8 Å². The predicted octanol–water partition coefficient (Wildman–Crippen LogP) is 5.57. The van der Waals surface area contributed by atoms with Gasteiger partial charge in [0.2, 0.25) is 0 Å². The summed E-state index contributed by atoms with van der Waals surface area (Å²) in [7, 11) is 0. The van der Waals surface area contributed by atoms with Gasteiger partial charge in [0.25, 0.3) is 5.91 Å². The van der Waals surface area contributed by atoms with Gasteiger partial charge in [-0.3, -0.25) is 9.78 Å². The number of benzene rings is 1. The van der Waals surface area contributed by atoms with Crippen LogP contribution in [0.15, 0.2) is 48.0 Å². The van der Waals surface area contributed by atoms with Gasteiger partial charge in [0.15, 0.2) is 6.10 Å². The molecule has 0 saturated heterocycles. The number of unbranched alkanes of at least 4 members (excludes halogenated alkanes) is 2. The molecule has 29 heavy (non-hydrogen) atoms. The normalized spacial score (nSPS) is 15.9. The number of ether oxygens (including phenoxy) is 1. The van der Waals surface area contributed by atoms with E-state index in [1.54, 1.807) is 17.5 Å². The highest BCUT2D eigenvalue weighted by Gasteiger charge is 2.33. The molecule has 1 atom stereocenters. The number of hydrogen-bond donors (Lipinski definition) is 0. The summed E-state index contributed by atoms with van der Waals surface area (Å²) < 4.78 is 5.98. The summed E-state index contributed by atoms with van der Waals surface area (Å²) in [6.45, 7) is 4.88. The fourth-order valence-electron chi connectivity index (χ4n) is 3.51. The molecule has 6 heteroatoms. The van der Waals surface area contributed by atoms with Crippen molar-refractivity contribution < 1.29 is 9.53 Å². The second-order valence-electron chi connectivity index (χ2n) is 7.15. The van der Waals surface area contributed by atoms with Crippen LogP contribution in [-0.2, 0) is 4.79 Å². The topological polar surface area (TPSA) is 55.3 Å². The molecule has 1 aromatic carbocycles. The van der Waals surface area contributed by atoms with E-state index in [1.165, 1.54) is 0 Å². The number of amides is 1. The molecule has 0 spiro atoms. The van der Waals surface area contributed by atoms with Crippen molar-refractivity contribution in [2.24, 2.45) is 0 Å². The van der Waals surface area contributed by atoms with Crippen LogP contribution in [0, 0.1) is 0 Å². The van der Waals surface area contributed by atoms with Crippen molar-refractivity contribution in [3.8, 4) is 27.7 Å². The Morgan fingerprint density at radius 1 is 1.14 bits per heavy atom. The molecule has 0 N–H and O–H groups in total. The molecule has 5 nitrogen and oxygen atoms in total. The van der Waals surface area contributed by atoms with Crippen LogP contribution in [0.25, 0.3) is 22.0 Å². The van der Waals surface area contributed by atoms with Crippen LogP contribution < -0.4 is 9.64 Å². The highest BCUT2D eigenvalue weighted by molar-refractivity contribution is 7.13. The lowest BCUT2D eigenvalue weighted by Crippen LogP contribution is -2.46. The molecule has 3 aromatic rings. The second kappa shape index (κ2) is 8.74. The van der Waals surface area contributed by atoms with Gasteiger partial charge in [-0.15, -0.1) is 11.3 Å². The molecule has 3 heterocycles. The van der Waals surface area contributed by atoms with Crippen molar-refractivity contribution in [1.29, 1.82) is 0 Å². The standard InChI is InChI=1S/C23H25N3O2S/c1-3-5-8-13-26-19-14-16(10-11-21(19)28-20(4-2)23(26)27)18-15-29-22(25-18)17-9-6-7-12-24-17/h6-7,9-12,14-15,20H,3-5,8,13H2,1-2H3. The molecule has 1 aliphatic rings. The fourth-order valence-corrected chi connectivity index (χ4v) is 4.31. The minimum Gasteiger partial charge on any atom is -0.478 e. The van der Waals surface area contributed by atoms with E-state index < -0.39 is 6.10 Å². The molecule has 0 bridgehead atoms. The van der Waals surface area contributed by atoms with Gasteiger partial charge in [-0.2, -0.15) is 0 Å². The maximum Gasteiger partial charge on any atom is 0.268 e. The molecule has 1 aliphatic heterocycles. The molecular formula is C23H25N3O2S. The maximum absolute atomic E-state index is 12.9. The number of pyridine rings is 1. The Morgan fingerprint density at radius 2 is 2.03 bits per heavy atom. The molecule has 1 amide bonds. The number of rotatable bonds is 7. The molecule has 0 aliphatic carbocycles. The summed E-state index contributed by atoms with van der Waals surface area (Å²) in [5, 5.41) is 2.92. The van der Waals surface area contributed by atoms with Crippen LogP contribution in [0.5, 0.6) is 5.75 Å². The van der Waals surface area contributed by atoms with Gasteiger partial charge in [0, 0.05) is 23.7 Å². The Balaban J connectivity index is 1.66. The molecule has 0 radical (unpaired) electrons. The number of anilines is 1. The van der Waals surface area contributed by atoms with E-state index in [2.05, 4.69) is 11.9 Å². The number of thiazole rings is 1. The average Bonchev–Trinajstić information content (AvgIpc) is 3.26. The van der Waals surface area contributed by atoms with Gasteiger partial charge < -0.3 is 9.64 Å². The van der Waals surface area contributed by atoms with Crippen molar-refractivity contribution >= 4 is 22.9 Å². The Bertz CT molecular complexity index is 987. The van der Waals surface area contributed by atoms with E-state index in [0.29, 0.717) is 6.42 Å². The van der Waals surface area contributed by atoms with Crippen LogP contribution in [0.1, 0.15) is 39.5 Å². The Kier molecular flexibility index (Phi) is 5.90. The number of hydrogen-bond acceptors (Lipinski definition) is 5. The van der Waals surface area contributed by atoms with Crippen LogP contribution >= 0.6 is 11.3 Å². The Hall–Kier alpha value is -2.73. The summed E-state index contributed by atoms with van der Waals surface area (Å²) in [4.78, 5) is 24.0. The Morgan fingerprint density at radius 3 is 2.79 bits per heavy atom. The van der Waals surface area contributed by atoms with Gasteiger partial charge >= 0.3 is 0 Å². The Labute approximate surface area is 175 Å². The zero-order valence-corrected chi connectivity index (χ0v) is 17.6. The SMILES string of the molecule is CCCCCN1C(=O)C(CC)Oc2ccc(-c3csc(-c4ccccn4)n3)cc21. The highest BCUT2D eigenvalue weighted by atomic mass is 32.1. The predicted molar refractivity (Wildman–Crippen MR) is 117 cm³/mol. The number of carbonyl (C=O) groups is 1. The minimum absolute atomic E-state index is 0.0562. The third-order valence-corrected chi connectivity index (χ3v) is 5.97. The summed E-state index contributed by atoms with van der Waals surface area (Å²) in [5.74, 6) is 0.831. The molecule has 1 unspecified atom stereocenters. The third kappa shape index (κ3) is 4.03. The lowest BCUT2D eigenvalue weighted by atomic mass is 10.1. The average molecular weight is 408 g/mol. The molecular weight excluding hydrogens is 382 g/mol. The summed E-state index contributed by atoms with van der Waals surface area (Å²) in [5.41, 5.74) is 3.58.